The summed E-state index contributed by atoms with van der Waals surface area (Å²) in [6.45, 7) is 0.122. The van der Waals surface area contributed by atoms with Crippen molar-refractivity contribution in [3.63, 3.8) is 0 Å². The van der Waals surface area contributed by atoms with E-state index in [0.717, 1.165) is 17.7 Å². The molecule has 0 aliphatic heterocycles. The molecule has 1 aromatic rings. The average Bonchev–Trinajstić information content (AvgIpc) is 2.90. The van der Waals surface area contributed by atoms with Gasteiger partial charge in [0.05, 0.1) is 6.10 Å². The van der Waals surface area contributed by atoms with E-state index in [0.29, 0.717) is 5.82 Å². The molecule has 1 saturated carbocycles. The molecule has 1 aliphatic carbocycles. The Morgan fingerprint density at radius 1 is 1.50 bits per heavy atom. The lowest BCUT2D eigenvalue weighted by atomic mass is 10.3. The minimum atomic E-state index is -0.133. The Labute approximate surface area is 112 Å². The van der Waals surface area contributed by atoms with Crippen LogP contribution in [0.1, 0.15) is 25.7 Å². The summed E-state index contributed by atoms with van der Waals surface area (Å²) in [5.41, 5.74) is 0. The zero-order valence-electron chi connectivity index (χ0n) is 10.5. The highest BCUT2D eigenvalue weighted by Crippen LogP contribution is 2.20. The van der Waals surface area contributed by atoms with Crippen molar-refractivity contribution in [1.82, 2.24) is 4.98 Å². The normalized spacial score (nSPS) is 15.8. The van der Waals surface area contributed by atoms with Gasteiger partial charge in [-0.25, -0.2) is 4.98 Å². The number of hydrogen-bond acceptors (Lipinski definition) is 4. The Bertz CT molecular complexity index is 388. The van der Waals surface area contributed by atoms with Crippen LogP contribution in [-0.4, -0.2) is 29.9 Å². The first kappa shape index (κ1) is 13.4. The molecule has 1 N–H and O–H groups in total. The van der Waals surface area contributed by atoms with E-state index in [1.165, 1.54) is 12.8 Å². The first-order valence-electron chi connectivity index (χ1n) is 6.19. The van der Waals surface area contributed by atoms with Gasteiger partial charge in [-0.3, -0.25) is 4.79 Å². The van der Waals surface area contributed by atoms with Crippen molar-refractivity contribution in [2.45, 2.75) is 36.7 Å². The lowest BCUT2D eigenvalue weighted by Gasteiger charge is -2.10. The maximum absolute atomic E-state index is 11.6. The summed E-state index contributed by atoms with van der Waals surface area (Å²) in [7, 11) is 0. The van der Waals surface area contributed by atoms with Crippen LogP contribution in [-0.2, 0) is 9.53 Å². The summed E-state index contributed by atoms with van der Waals surface area (Å²) in [6.07, 6.45) is 8.58. The van der Waals surface area contributed by atoms with E-state index in [1.807, 2.05) is 12.3 Å². The SMILES string of the molecule is CSc1ccc(NC(=O)COC2CCCC2)nc1. The van der Waals surface area contributed by atoms with Gasteiger partial charge in [-0.2, -0.15) is 0 Å². The summed E-state index contributed by atoms with van der Waals surface area (Å²) in [5.74, 6) is 0.444. The van der Waals surface area contributed by atoms with E-state index in [1.54, 1.807) is 24.0 Å². The van der Waals surface area contributed by atoms with Crippen LogP contribution >= 0.6 is 11.8 Å². The van der Waals surface area contributed by atoms with Crippen molar-refractivity contribution in [2.24, 2.45) is 0 Å². The smallest absolute Gasteiger partial charge is 0.251 e. The maximum Gasteiger partial charge on any atom is 0.251 e. The fourth-order valence-electron chi connectivity index (χ4n) is 2.00. The maximum atomic E-state index is 11.6. The van der Waals surface area contributed by atoms with Crippen molar-refractivity contribution in [3.8, 4) is 0 Å². The van der Waals surface area contributed by atoms with Gasteiger partial charge in [0.25, 0.3) is 5.91 Å². The van der Waals surface area contributed by atoms with Crippen molar-refractivity contribution in [1.29, 1.82) is 0 Å². The number of ether oxygens (including phenoxy) is 1. The molecule has 1 fully saturated rings. The van der Waals surface area contributed by atoms with Crippen LogP contribution < -0.4 is 5.32 Å². The van der Waals surface area contributed by atoms with Crippen LogP contribution in [0.2, 0.25) is 0 Å². The van der Waals surface area contributed by atoms with Crippen LogP contribution in [0.15, 0.2) is 23.2 Å². The first-order chi connectivity index (χ1) is 8.78. The molecule has 1 heterocycles. The lowest BCUT2D eigenvalue weighted by molar-refractivity contribution is -0.122. The number of nitrogens with one attached hydrogen (secondary N) is 1. The largest absolute Gasteiger partial charge is 0.368 e. The van der Waals surface area contributed by atoms with Crippen molar-refractivity contribution in [2.75, 3.05) is 18.2 Å². The fourth-order valence-corrected chi connectivity index (χ4v) is 2.36. The van der Waals surface area contributed by atoms with Crippen molar-refractivity contribution in [3.05, 3.63) is 18.3 Å². The molecular weight excluding hydrogens is 248 g/mol. The lowest BCUT2D eigenvalue weighted by Crippen LogP contribution is -2.22. The zero-order chi connectivity index (χ0) is 12.8. The van der Waals surface area contributed by atoms with Gasteiger partial charge in [0, 0.05) is 11.1 Å². The highest BCUT2D eigenvalue weighted by Gasteiger charge is 2.16. The molecule has 18 heavy (non-hydrogen) atoms. The van der Waals surface area contributed by atoms with Gasteiger partial charge in [-0.15, -0.1) is 11.8 Å². The van der Waals surface area contributed by atoms with E-state index in [2.05, 4.69) is 10.3 Å². The van der Waals surface area contributed by atoms with Crippen LogP contribution in [0.5, 0.6) is 0 Å². The Hall–Kier alpha value is -1.07. The number of carbonyl (C=O) groups is 1. The number of aromatic nitrogens is 1. The van der Waals surface area contributed by atoms with Crippen LogP contribution in [0.4, 0.5) is 5.82 Å². The molecule has 0 atom stereocenters. The molecular formula is C13H18N2O2S. The first-order valence-corrected chi connectivity index (χ1v) is 7.42. The summed E-state index contributed by atoms with van der Waals surface area (Å²) < 4.78 is 5.54. The number of anilines is 1. The number of rotatable bonds is 5. The quantitative estimate of drug-likeness (QED) is 0.833. The topological polar surface area (TPSA) is 51.2 Å². The summed E-state index contributed by atoms with van der Waals surface area (Å²) in [6, 6.07) is 3.74. The van der Waals surface area contributed by atoms with Gasteiger partial charge in [0.15, 0.2) is 0 Å². The summed E-state index contributed by atoms with van der Waals surface area (Å²) in [5, 5.41) is 2.73. The Balaban J connectivity index is 1.75. The third-order valence-corrected chi connectivity index (χ3v) is 3.70. The summed E-state index contributed by atoms with van der Waals surface area (Å²) in [4.78, 5) is 16.9. The van der Waals surface area contributed by atoms with E-state index in [-0.39, 0.29) is 18.6 Å². The third kappa shape index (κ3) is 3.99. The van der Waals surface area contributed by atoms with Crippen LogP contribution in [0.3, 0.4) is 0 Å². The second kappa shape index (κ2) is 6.75. The Morgan fingerprint density at radius 2 is 2.28 bits per heavy atom. The van der Waals surface area contributed by atoms with E-state index >= 15 is 0 Å². The average molecular weight is 266 g/mol. The number of hydrogen-bond donors (Lipinski definition) is 1. The molecule has 2 rings (SSSR count). The van der Waals surface area contributed by atoms with Gasteiger partial charge in [0.1, 0.15) is 12.4 Å². The number of pyridine rings is 1. The molecule has 0 radical (unpaired) electrons. The Morgan fingerprint density at radius 3 is 2.89 bits per heavy atom. The highest BCUT2D eigenvalue weighted by atomic mass is 32.2. The molecule has 1 amide bonds. The van der Waals surface area contributed by atoms with Crippen molar-refractivity contribution < 1.29 is 9.53 Å². The molecule has 1 aromatic heterocycles. The second-order valence-corrected chi connectivity index (χ2v) is 5.23. The molecule has 4 nitrogen and oxygen atoms in total. The molecule has 0 saturated heterocycles. The number of amides is 1. The Kier molecular flexibility index (Phi) is 5.01. The predicted octanol–water partition coefficient (Wildman–Crippen LogP) is 2.70. The highest BCUT2D eigenvalue weighted by molar-refractivity contribution is 7.98. The standard InChI is InChI=1S/C13H18N2O2S/c1-18-11-6-7-12(14-8-11)15-13(16)9-17-10-4-2-3-5-10/h6-8,10H,2-5,9H2,1H3,(H,14,15,16). The van der Waals surface area contributed by atoms with Crippen LogP contribution in [0.25, 0.3) is 0 Å². The molecule has 98 valence electrons. The van der Waals surface area contributed by atoms with Gasteiger partial charge < -0.3 is 10.1 Å². The molecule has 0 unspecified atom stereocenters. The minimum Gasteiger partial charge on any atom is -0.368 e. The van der Waals surface area contributed by atoms with E-state index in [9.17, 15) is 4.79 Å². The van der Waals surface area contributed by atoms with E-state index < -0.39 is 0 Å². The molecule has 0 spiro atoms. The van der Waals surface area contributed by atoms with Crippen molar-refractivity contribution >= 4 is 23.5 Å². The molecule has 0 bridgehead atoms. The monoisotopic (exact) mass is 266 g/mol. The van der Waals surface area contributed by atoms with Gasteiger partial charge in [-0.1, -0.05) is 12.8 Å². The predicted molar refractivity (Wildman–Crippen MR) is 72.9 cm³/mol. The molecule has 5 heteroatoms. The van der Waals surface area contributed by atoms with Gasteiger partial charge >= 0.3 is 0 Å². The number of carbonyl (C=O) groups excluding carboxylic acids is 1. The molecule has 1 aliphatic rings. The molecule has 0 aromatic carbocycles. The van der Waals surface area contributed by atoms with Crippen LogP contribution in [0, 0.1) is 0 Å². The van der Waals surface area contributed by atoms with E-state index in [4.69, 9.17) is 4.74 Å². The van der Waals surface area contributed by atoms with Gasteiger partial charge in [0.2, 0.25) is 0 Å². The minimum absolute atomic E-state index is 0.122. The second-order valence-electron chi connectivity index (χ2n) is 4.35. The number of thioether (sulfide) groups is 1. The number of nitrogens with zero attached hydrogens (tertiary/aromatic N) is 1. The third-order valence-electron chi connectivity index (χ3n) is 2.99. The zero-order valence-corrected chi connectivity index (χ0v) is 11.3. The van der Waals surface area contributed by atoms with Gasteiger partial charge in [-0.05, 0) is 31.2 Å². The fraction of sp³-hybridized carbons (Fsp3) is 0.538. The summed E-state index contributed by atoms with van der Waals surface area (Å²) >= 11 is 1.62.